The van der Waals surface area contributed by atoms with E-state index in [9.17, 15) is 13.2 Å². The summed E-state index contributed by atoms with van der Waals surface area (Å²) < 4.78 is 33.2. The van der Waals surface area contributed by atoms with Crippen LogP contribution >= 0.6 is 0 Å². The van der Waals surface area contributed by atoms with Gasteiger partial charge in [-0.1, -0.05) is 24.3 Å². The van der Waals surface area contributed by atoms with Gasteiger partial charge in [0.1, 0.15) is 0 Å². The molecule has 1 heterocycles. The van der Waals surface area contributed by atoms with Crippen molar-refractivity contribution in [2.75, 3.05) is 26.7 Å². The molecule has 2 N–H and O–H groups in total. The second-order valence-corrected chi connectivity index (χ2v) is 9.10. The minimum Gasteiger partial charge on any atom is -0.465 e. The zero-order chi connectivity index (χ0) is 22.3. The van der Waals surface area contributed by atoms with E-state index in [-0.39, 0.29) is 10.9 Å². The second-order valence-electron chi connectivity index (χ2n) is 7.19. The Bertz CT molecular complexity index is 1140. The van der Waals surface area contributed by atoms with Gasteiger partial charge < -0.3 is 10.5 Å². The molecular formula is C23H27N3O4S. The molecule has 3 rings (SSSR count). The maximum atomic E-state index is 13.5. The Morgan fingerprint density at radius 3 is 2.65 bits per heavy atom. The lowest BCUT2D eigenvalue weighted by atomic mass is 10.1. The number of benzene rings is 2. The molecule has 0 atom stereocenters. The third-order valence-corrected chi connectivity index (χ3v) is 7.05. The number of carbonyl (C=O) groups is 1. The molecular weight excluding hydrogens is 414 g/mol. The van der Waals surface area contributed by atoms with E-state index in [0.29, 0.717) is 49.8 Å². The van der Waals surface area contributed by atoms with Gasteiger partial charge in [0, 0.05) is 36.3 Å². The third kappa shape index (κ3) is 5.46. The molecule has 2 aromatic carbocycles. The largest absolute Gasteiger partial charge is 0.465 e. The molecule has 0 aliphatic heterocycles. The van der Waals surface area contributed by atoms with Crippen molar-refractivity contribution in [1.82, 2.24) is 9.29 Å². The van der Waals surface area contributed by atoms with Crippen LogP contribution in [0.1, 0.15) is 28.8 Å². The van der Waals surface area contributed by atoms with Gasteiger partial charge in [-0.05, 0) is 55.6 Å². The van der Waals surface area contributed by atoms with Crippen molar-refractivity contribution >= 4 is 26.8 Å². The summed E-state index contributed by atoms with van der Waals surface area (Å²) in [5.74, 6) is -0.389. The highest BCUT2D eigenvalue weighted by molar-refractivity contribution is 7.89. The monoisotopic (exact) mass is 441 g/mol. The van der Waals surface area contributed by atoms with Crippen LogP contribution < -0.4 is 5.73 Å². The summed E-state index contributed by atoms with van der Waals surface area (Å²) in [6.45, 7) is 1.11. The Balaban J connectivity index is 1.79. The molecule has 0 bridgehead atoms. The van der Waals surface area contributed by atoms with E-state index in [2.05, 4.69) is 4.98 Å². The fraction of sp³-hybridized carbons (Fsp3) is 0.304. The topological polar surface area (TPSA) is 103 Å². The van der Waals surface area contributed by atoms with Gasteiger partial charge in [-0.2, -0.15) is 4.31 Å². The Kier molecular flexibility index (Phi) is 7.73. The van der Waals surface area contributed by atoms with Crippen molar-refractivity contribution in [3.63, 3.8) is 0 Å². The number of ether oxygens (including phenoxy) is 1. The number of esters is 1. The van der Waals surface area contributed by atoms with Crippen LogP contribution in [0.4, 0.5) is 0 Å². The van der Waals surface area contributed by atoms with Gasteiger partial charge in [0.15, 0.2) is 0 Å². The Morgan fingerprint density at radius 2 is 1.87 bits per heavy atom. The Hall–Kier alpha value is -2.81. The van der Waals surface area contributed by atoms with E-state index in [1.807, 2.05) is 12.1 Å². The lowest BCUT2D eigenvalue weighted by molar-refractivity contribution is 0.0600. The number of fused-ring (bicyclic) bond motifs is 1. The molecule has 0 amide bonds. The molecule has 8 heteroatoms. The molecule has 0 fully saturated rings. The maximum absolute atomic E-state index is 13.5. The average molecular weight is 442 g/mol. The normalized spacial score (nSPS) is 11.7. The van der Waals surface area contributed by atoms with Crippen molar-refractivity contribution in [2.45, 2.75) is 24.2 Å². The lowest BCUT2D eigenvalue weighted by Crippen LogP contribution is -2.34. The first-order valence-corrected chi connectivity index (χ1v) is 11.6. The molecule has 7 nitrogen and oxygen atoms in total. The number of hydrogen-bond donors (Lipinski definition) is 1. The minimum absolute atomic E-state index is 0.275. The number of aryl methyl sites for hydroxylation is 1. The molecule has 3 aromatic rings. The van der Waals surface area contributed by atoms with Crippen LogP contribution in [0, 0.1) is 0 Å². The summed E-state index contributed by atoms with van der Waals surface area (Å²) in [5.41, 5.74) is 7.09. The number of methoxy groups -OCH3 is 1. The SMILES string of the molecule is COC(=O)c1cccc(CCCN(CCCN)S(=O)(=O)c2cccc3cnccc23)c1. The first kappa shape index (κ1) is 22.9. The summed E-state index contributed by atoms with van der Waals surface area (Å²) in [4.78, 5) is 16.1. The number of nitrogens with zero attached hydrogens (tertiary/aromatic N) is 2. The fourth-order valence-corrected chi connectivity index (χ4v) is 5.24. The predicted octanol–water partition coefficient (Wildman–Crippen LogP) is 2.99. The third-order valence-electron chi connectivity index (χ3n) is 5.09. The van der Waals surface area contributed by atoms with E-state index in [1.165, 1.54) is 11.4 Å². The minimum atomic E-state index is -3.70. The Labute approximate surface area is 182 Å². The number of rotatable bonds is 10. The summed E-state index contributed by atoms with van der Waals surface area (Å²) in [5, 5.41) is 1.43. The van der Waals surface area contributed by atoms with Crippen LogP contribution in [0.5, 0.6) is 0 Å². The molecule has 0 saturated carbocycles. The smallest absolute Gasteiger partial charge is 0.337 e. The van der Waals surface area contributed by atoms with E-state index < -0.39 is 10.0 Å². The predicted molar refractivity (Wildman–Crippen MR) is 120 cm³/mol. The van der Waals surface area contributed by atoms with E-state index in [4.69, 9.17) is 10.5 Å². The van der Waals surface area contributed by atoms with E-state index in [1.54, 1.807) is 48.8 Å². The number of sulfonamides is 1. The van der Waals surface area contributed by atoms with Crippen LogP contribution in [0.15, 0.2) is 65.8 Å². The molecule has 0 spiro atoms. The van der Waals surface area contributed by atoms with Gasteiger partial charge in [0.05, 0.1) is 17.6 Å². The van der Waals surface area contributed by atoms with Crippen LogP contribution in [0.3, 0.4) is 0 Å². The summed E-state index contributed by atoms with van der Waals surface area (Å²) in [6.07, 6.45) is 5.08. The van der Waals surface area contributed by atoms with Crippen LogP contribution in [0.2, 0.25) is 0 Å². The highest BCUT2D eigenvalue weighted by atomic mass is 32.2. The lowest BCUT2D eigenvalue weighted by Gasteiger charge is -2.23. The number of carbonyl (C=O) groups excluding carboxylic acids is 1. The first-order valence-electron chi connectivity index (χ1n) is 10.2. The fourth-order valence-electron chi connectivity index (χ4n) is 3.51. The van der Waals surface area contributed by atoms with Crippen LogP contribution in [0.25, 0.3) is 10.8 Å². The zero-order valence-corrected chi connectivity index (χ0v) is 18.3. The number of aromatic nitrogens is 1. The molecule has 0 radical (unpaired) electrons. The van der Waals surface area contributed by atoms with Crippen molar-refractivity contribution in [3.05, 3.63) is 72.1 Å². The van der Waals surface area contributed by atoms with Gasteiger partial charge in [-0.3, -0.25) is 4.98 Å². The summed E-state index contributed by atoms with van der Waals surface area (Å²) in [7, 11) is -2.36. The van der Waals surface area contributed by atoms with Gasteiger partial charge >= 0.3 is 5.97 Å². The quantitative estimate of drug-likeness (QED) is 0.485. The van der Waals surface area contributed by atoms with Gasteiger partial charge in [0.25, 0.3) is 0 Å². The highest BCUT2D eigenvalue weighted by Crippen LogP contribution is 2.25. The van der Waals surface area contributed by atoms with Gasteiger partial charge in [0.2, 0.25) is 10.0 Å². The first-order chi connectivity index (χ1) is 15.0. The standard InChI is InChI=1S/C23H27N3O4S/c1-30-23(27)19-8-2-6-18(16-19)7-4-14-26(15-5-12-24)31(28,29)22-10-3-9-20-17-25-13-11-21(20)22/h2-3,6,8-11,13,16-17H,4-5,7,12,14-15,24H2,1H3. The average Bonchev–Trinajstić information content (AvgIpc) is 2.80. The van der Waals surface area contributed by atoms with E-state index in [0.717, 1.165) is 10.9 Å². The molecule has 0 saturated heterocycles. The summed E-state index contributed by atoms with van der Waals surface area (Å²) >= 11 is 0. The molecule has 0 aliphatic rings. The van der Waals surface area contributed by atoms with E-state index >= 15 is 0 Å². The highest BCUT2D eigenvalue weighted by Gasteiger charge is 2.25. The van der Waals surface area contributed by atoms with Gasteiger partial charge in [-0.15, -0.1) is 0 Å². The maximum Gasteiger partial charge on any atom is 0.337 e. The van der Waals surface area contributed by atoms with Crippen molar-refractivity contribution in [1.29, 1.82) is 0 Å². The van der Waals surface area contributed by atoms with Crippen LogP contribution in [-0.4, -0.2) is 50.4 Å². The van der Waals surface area contributed by atoms with Crippen molar-refractivity contribution < 1.29 is 17.9 Å². The second kappa shape index (κ2) is 10.5. The van der Waals surface area contributed by atoms with Crippen molar-refractivity contribution in [2.24, 2.45) is 5.73 Å². The van der Waals surface area contributed by atoms with Crippen LogP contribution in [-0.2, 0) is 21.2 Å². The molecule has 1 aromatic heterocycles. The molecule has 0 aliphatic carbocycles. The number of hydrogen-bond acceptors (Lipinski definition) is 6. The number of nitrogens with two attached hydrogens (primary N) is 1. The molecule has 164 valence electrons. The molecule has 0 unspecified atom stereocenters. The van der Waals surface area contributed by atoms with Gasteiger partial charge in [-0.25, -0.2) is 13.2 Å². The Morgan fingerprint density at radius 1 is 1.10 bits per heavy atom. The zero-order valence-electron chi connectivity index (χ0n) is 17.5. The molecule has 31 heavy (non-hydrogen) atoms. The summed E-state index contributed by atoms with van der Waals surface area (Å²) in [6, 6.07) is 14.1. The number of pyridine rings is 1. The van der Waals surface area contributed by atoms with Crippen molar-refractivity contribution in [3.8, 4) is 0 Å².